The van der Waals surface area contributed by atoms with E-state index in [9.17, 15) is 4.79 Å². The summed E-state index contributed by atoms with van der Waals surface area (Å²) < 4.78 is 6.49. The van der Waals surface area contributed by atoms with Crippen molar-refractivity contribution in [2.75, 3.05) is 43.9 Å². The van der Waals surface area contributed by atoms with Gasteiger partial charge in [0.25, 0.3) is 0 Å². The molecule has 0 fully saturated rings. The molecule has 3 rings (SSSR count). The van der Waals surface area contributed by atoms with E-state index in [1.54, 1.807) is 30.2 Å². The van der Waals surface area contributed by atoms with Crippen LogP contribution in [-0.4, -0.2) is 54.8 Å². The Bertz CT molecular complexity index is 1010. The van der Waals surface area contributed by atoms with Crippen molar-refractivity contribution in [2.45, 2.75) is 31.6 Å². The highest BCUT2D eigenvalue weighted by molar-refractivity contribution is 7.99. The second-order valence-corrected chi connectivity index (χ2v) is 9.90. The van der Waals surface area contributed by atoms with Crippen molar-refractivity contribution in [3.05, 3.63) is 47.5 Å². The SMILES string of the molecule is CCN(CC)CCN(C(=O)CCCSc1ccc(Cl)cc1)c1nc2c(OC)cccc2s1. The first-order valence-electron chi connectivity index (χ1n) is 10.9. The highest BCUT2D eigenvalue weighted by Gasteiger charge is 2.21. The largest absolute Gasteiger partial charge is 0.494 e. The van der Waals surface area contributed by atoms with Crippen molar-refractivity contribution >= 4 is 56.0 Å². The van der Waals surface area contributed by atoms with E-state index < -0.39 is 0 Å². The van der Waals surface area contributed by atoms with Crippen molar-refractivity contribution in [3.63, 3.8) is 0 Å². The predicted octanol–water partition coefficient (Wildman–Crippen LogP) is 6.21. The Kier molecular flexibility index (Phi) is 9.66. The lowest BCUT2D eigenvalue weighted by Gasteiger charge is -2.24. The van der Waals surface area contributed by atoms with Crippen LogP contribution in [0.25, 0.3) is 10.2 Å². The summed E-state index contributed by atoms with van der Waals surface area (Å²) in [4.78, 5) is 23.4. The number of halogens is 1. The molecule has 0 N–H and O–H groups in total. The Balaban J connectivity index is 1.68. The second-order valence-electron chi connectivity index (χ2n) is 7.28. The van der Waals surface area contributed by atoms with Crippen LogP contribution in [0.3, 0.4) is 0 Å². The van der Waals surface area contributed by atoms with Crippen molar-refractivity contribution < 1.29 is 9.53 Å². The summed E-state index contributed by atoms with van der Waals surface area (Å²) in [7, 11) is 1.65. The number of carbonyl (C=O) groups excluding carboxylic acids is 1. The number of thioether (sulfide) groups is 1. The lowest BCUT2D eigenvalue weighted by Crippen LogP contribution is -2.38. The number of nitrogens with zero attached hydrogens (tertiary/aromatic N) is 3. The highest BCUT2D eigenvalue weighted by atomic mass is 35.5. The fourth-order valence-electron chi connectivity index (χ4n) is 3.38. The minimum Gasteiger partial charge on any atom is -0.494 e. The number of hydrogen-bond acceptors (Lipinski definition) is 6. The van der Waals surface area contributed by atoms with E-state index in [-0.39, 0.29) is 5.91 Å². The molecule has 0 bridgehead atoms. The Morgan fingerprint density at radius 2 is 1.88 bits per heavy atom. The maximum Gasteiger partial charge on any atom is 0.228 e. The third kappa shape index (κ3) is 6.61. The Labute approximate surface area is 203 Å². The molecule has 1 heterocycles. The van der Waals surface area contributed by atoms with E-state index in [0.29, 0.717) is 13.0 Å². The number of thiazole rings is 1. The van der Waals surface area contributed by atoms with Gasteiger partial charge in [0.05, 0.1) is 11.8 Å². The van der Waals surface area contributed by atoms with Gasteiger partial charge in [-0.3, -0.25) is 9.69 Å². The maximum absolute atomic E-state index is 13.2. The fraction of sp³-hybridized carbons (Fsp3) is 0.417. The molecule has 8 heteroatoms. The molecule has 0 saturated heterocycles. The van der Waals surface area contributed by atoms with Crippen LogP contribution in [0.1, 0.15) is 26.7 Å². The highest BCUT2D eigenvalue weighted by Crippen LogP contribution is 2.34. The smallest absolute Gasteiger partial charge is 0.228 e. The number of methoxy groups -OCH3 is 1. The summed E-state index contributed by atoms with van der Waals surface area (Å²) >= 11 is 9.24. The summed E-state index contributed by atoms with van der Waals surface area (Å²) in [5.41, 5.74) is 0.814. The predicted molar refractivity (Wildman–Crippen MR) is 138 cm³/mol. The van der Waals surface area contributed by atoms with Gasteiger partial charge in [-0.15, -0.1) is 11.8 Å². The number of ether oxygens (including phenoxy) is 1. The van der Waals surface area contributed by atoms with Crippen LogP contribution in [0.4, 0.5) is 5.13 Å². The Morgan fingerprint density at radius 3 is 2.56 bits per heavy atom. The van der Waals surface area contributed by atoms with Crippen LogP contribution in [0.5, 0.6) is 5.75 Å². The van der Waals surface area contributed by atoms with Crippen LogP contribution >= 0.6 is 34.7 Å². The summed E-state index contributed by atoms with van der Waals surface area (Å²) in [6, 6.07) is 13.7. The molecule has 0 aliphatic heterocycles. The van der Waals surface area contributed by atoms with Gasteiger partial charge in [-0.1, -0.05) is 42.9 Å². The number of likely N-dealkylation sites (N-methyl/N-ethyl adjacent to an activating group) is 1. The van der Waals surface area contributed by atoms with Crippen molar-refractivity contribution in [1.29, 1.82) is 0 Å². The number of fused-ring (bicyclic) bond motifs is 1. The van der Waals surface area contributed by atoms with Gasteiger partial charge in [0, 0.05) is 29.4 Å². The number of benzene rings is 2. The first-order chi connectivity index (χ1) is 15.5. The number of amides is 1. The van der Waals surface area contributed by atoms with Gasteiger partial charge in [0.15, 0.2) is 5.13 Å². The molecule has 32 heavy (non-hydrogen) atoms. The monoisotopic (exact) mass is 491 g/mol. The van der Waals surface area contributed by atoms with Crippen LogP contribution in [0, 0.1) is 0 Å². The van der Waals surface area contributed by atoms with Crippen molar-refractivity contribution in [3.8, 4) is 5.75 Å². The number of rotatable bonds is 12. The van der Waals surface area contributed by atoms with Gasteiger partial charge >= 0.3 is 0 Å². The van der Waals surface area contributed by atoms with E-state index in [2.05, 4.69) is 18.7 Å². The Hall–Kier alpha value is -1.80. The zero-order chi connectivity index (χ0) is 22.9. The van der Waals surface area contributed by atoms with Crippen LogP contribution in [-0.2, 0) is 4.79 Å². The third-order valence-electron chi connectivity index (χ3n) is 5.27. The fourth-order valence-corrected chi connectivity index (χ4v) is 5.38. The standard InChI is InChI=1S/C24H30ClN3O2S2/c1-4-27(5-2)15-16-28(24-26-23-20(30-3)8-6-9-21(23)32-24)22(29)10-7-17-31-19-13-11-18(25)12-14-19/h6,8-9,11-14H,4-5,7,10,15-17H2,1-3H3. The number of aromatic nitrogens is 1. The third-order valence-corrected chi connectivity index (χ3v) is 7.67. The van der Waals surface area contributed by atoms with Crippen LogP contribution in [0.15, 0.2) is 47.4 Å². The van der Waals surface area contributed by atoms with Gasteiger partial charge in [-0.2, -0.15) is 0 Å². The van der Waals surface area contributed by atoms with Gasteiger partial charge in [0.2, 0.25) is 5.91 Å². The lowest BCUT2D eigenvalue weighted by molar-refractivity contribution is -0.118. The van der Waals surface area contributed by atoms with E-state index in [1.165, 1.54) is 4.90 Å². The number of carbonyl (C=O) groups is 1. The van der Waals surface area contributed by atoms with E-state index in [0.717, 1.165) is 57.9 Å². The molecule has 0 atom stereocenters. The first-order valence-corrected chi connectivity index (χ1v) is 13.1. The molecule has 3 aromatic rings. The summed E-state index contributed by atoms with van der Waals surface area (Å²) in [6.45, 7) is 7.67. The average Bonchev–Trinajstić information content (AvgIpc) is 3.24. The van der Waals surface area contributed by atoms with E-state index >= 15 is 0 Å². The topological polar surface area (TPSA) is 45.7 Å². The normalized spacial score (nSPS) is 11.3. The molecule has 0 radical (unpaired) electrons. The molecule has 0 aliphatic carbocycles. The minimum atomic E-state index is 0.117. The molecule has 0 aliphatic rings. The minimum absolute atomic E-state index is 0.117. The zero-order valence-corrected chi connectivity index (χ0v) is 21.2. The number of para-hydroxylation sites is 1. The van der Waals surface area contributed by atoms with E-state index in [4.69, 9.17) is 21.3 Å². The molecular formula is C24H30ClN3O2S2. The molecule has 0 saturated carbocycles. The van der Waals surface area contributed by atoms with Crippen molar-refractivity contribution in [2.24, 2.45) is 0 Å². The first kappa shape index (κ1) is 24.8. The second kappa shape index (κ2) is 12.4. The molecule has 2 aromatic carbocycles. The zero-order valence-electron chi connectivity index (χ0n) is 18.8. The van der Waals surface area contributed by atoms with Gasteiger partial charge < -0.3 is 9.64 Å². The molecule has 0 unspecified atom stereocenters. The van der Waals surface area contributed by atoms with Crippen molar-refractivity contribution in [1.82, 2.24) is 9.88 Å². The molecule has 172 valence electrons. The molecule has 1 amide bonds. The summed E-state index contributed by atoms with van der Waals surface area (Å²) in [5, 5.41) is 1.48. The summed E-state index contributed by atoms with van der Waals surface area (Å²) in [6.07, 6.45) is 1.30. The average molecular weight is 492 g/mol. The van der Waals surface area contributed by atoms with E-state index in [1.807, 2.05) is 47.4 Å². The quantitative estimate of drug-likeness (QED) is 0.223. The number of hydrogen-bond donors (Lipinski definition) is 0. The maximum atomic E-state index is 13.2. The van der Waals surface area contributed by atoms with Crippen LogP contribution in [0.2, 0.25) is 5.02 Å². The van der Waals surface area contributed by atoms with Gasteiger partial charge in [-0.25, -0.2) is 4.98 Å². The van der Waals surface area contributed by atoms with Gasteiger partial charge in [-0.05, 0) is 61.7 Å². The number of anilines is 1. The van der Waals surface area contributed by atoms with Gasteiger partial charge in [0.1, 0.15) is 11.3 Å². The molecule has 5 nitrogen and oxygen atoms in total. The molecule has 0 spiro atoms. The lowest BCUT2D eigenvalue weighted by atomic mass is 10.3. The Morgan fingerprint density at radius 1 is 1.12 bits per heavy atom. The molecule has 1 aromatic heterocycles. The summed E-state index contributed by atoms with van der Waals surface area (Å²) in [5.74, 6) is 1.73. The molecular weight excluding hydrogens is 462 g/mol. The van der Waals surface area contributed by atoms with Crippen LogP contribution < -0.4 is 9.64 Å².